The summed E-state index contributed by atoms with van der Waals surface area (Å²) in [6.07, 6.45) is 0. The Morgan fingerprint density at radius 1 is 0.846 bits per heavy atom. The van der Waals surface area contributed by atoms with Gasteiger partial charge in [-0.15, -0.1) is 0 Å². The highest BCUT2D eigenvalue weighted by atomic mass is 15.1. The van der Waals surface area contributed by atoms with E-state index < -0.39 is 0 Å². The summed E-state index contributed by atoms with van der Waals surface area (Å²) in [6.45, 7) is 4.84. The molecule has 146 valence electrons. The van der Waals surface area contributed by atoms with Crippen LogP contribution in [-0.4, -0.2) is 76.1 Å². The van der Waals surface area contributed by atoms with E-state index in [1.807, 2.05) is 34.3 Å². The van der Waals surface area contributed by atoms with Gasteiger partial charge in [0.15, 0.2) is 0 Å². The molecule has 0 aliphatic carbocycles. The van der Waals surface area contributed by atoms with Gasteiger partial charge in [-0.1, -0.05) is 18.2 Å². The SMILES string of the molecule is CN(C)CCNC(N)=[NH+]Cc1cccc(C[NH+]=C(N)NCCN(C)C)c1. The van der Waals surface area contributed by atoms with E-state index >= 15 is 0 Å². The molecule has 8 nitrogen and oxygen atoms in total. The molecule has 0 bridgehead atoms. The molecule has 1 aromatic rings. The van der Waals surface area contributed by atoms with Crippen LogP contribution in [0.1, 0.15) is 11.1 Å². The number of nitrogens with zero attached hydrogens (tertiary/aromatic N) is 2. The molecule has 0 atom stereocenters. The Hall–Kier alpha value is -2.32. The van der Waals surface area contributed by atoms with Gasteiger partial charge in [0, 0.05) is 13.1 Å². The molecule has 0 spiro atoms. The average Bonchev–Trinajstić information content (AvgIpc) is 2.58. The number of nitrogens with two attached hydrogens (primary N) is 2. The van der Waals surface area contributed by atoms with Crippen LogP contribution < -0.4 is 32.1 Å². The van der Waals surface area contributed by atoms with Gasteiger partial charge in [-0.25, -0.2) is 0 Å². The largest absolute Gasteiger partial charge is 0.341 e. The number of nitrogens with one attached hydrogen (secondary N) is 4. The molecule has 0 heterocycles. The van der Waals surface area contributed by atoms with Crippen LogP contribution in [0.15, 0.2) is 24.3 Å². The Morgan fingerprint density at radius 2 is 1.27 bits per heavy atom. The monoisotopic (exact) mass is 364 g/mol. The number of hydrogen-bond donors (Lipinski definition) is 6. The first-order chi connectivity index (χ1) is 12.4. The van der Waals surface area contributed by atoms with E-state index in [1.165, 1.54) is 11.1 Å². The fourth-order valence-electron chi connectivity index (χ4n) is 2.20. The molecule has 0 aromatic heterocycles. The predicted octanol–water partition coefficient (Wildman–Crippen LogP) is -4.22. The summed E-state index contributed by atoms with van der Waals surface area (Å²) in [6, 6.07) is 8.33. The molecule has 0 fully saturated rings. The summed E-state index contributed by atoms with van der Waals surface area (Å²) in [5.41, 5.74) is 14.2. The van der Waals surface area contributed by atoms with E-state index in [4.69, 9.17) is 11.5 Å². The zero-order chi connectivity index (χ0) is 19.4. The number of rotatable bonds is 10. The highest BCUT2D eigenvalue weighted by Crippen LogP contribution is 2.01. The highest BCUT2D eigenvalue weighted by Gasteiger charge is 2.02. The minimum atomic E-state index is 0.595. The van der Waals surface area contributed by atoms with Gasteiger partial charge in [0.1, 0.15) is 0 Å². The summed E-state index contributed by atoms with van der Waals surface area (Å²) >= 11 is 0. The quantitative estimate of drug-likeness (QED) is 0.185. The molecule has 0 radical (unpaired) electrons. The number of hydrogen-bond acceptors (Lipinski definition) is 2. The number of benzene rings is 1. The van der Waals surface area contributed by atoms with Crippen LogP contribution >= 0.6 is 0 Å². The van der Waals surface area contributed by atoms with Gasteiger partial charge in [0.25, 0.3) is 0 Å². The van der Waals surface area contributed by atoms with Gasteiger partial charge in [-0.3, -0.25) is 32.1 Å². The van der Waals surface area contributed by atoms with Crippen molar-refractivity contribution >= 4 is 11.9 Å². The summed E-state index contributed by atoms with van der Waals surface area (Å²) in [5.74, 6) is 1.19. The van der Waals surface area contributed by atoms with Crippen LogP contribution in [-0.2, 0) is 13.1 Å². The van der Waals surface area contributed by atoms with Crippen molar-refractivity contribution in [2.75, 3.05) is 54.4 Å². The molecule has 0 aliphatic heterocycles. The molecule has 1 aromatic carbocycles. The molecule has 8 heteroatoms. The Bertz CT molecular complexity index is 533. The lowest BCUT2D eigenvalue weighted by Crippen LogP contribution is -2.78. The molecule has 0 saturated heterocycles. The van der Waals surface area contributed by atoms with E-state index in [2.05, 4.69) is 48.6 Å². The highest BCUT2D eigenvalue weighted by molar-refractivity contribution is 5.71. The van der Waals surface area contributed by atoms with Crippen molar-refractivity contribution in [3.8, 4) is 0 Å². The molecule has 8 N–H and O–H groups in total. The van der Waals surface area contributed by atoms with Gasteiger partial charge >= 0.3 is 11.9 Å². The second-order valence-corrected chi connectivity index (χ2v) is 6.81. The maximum Gasteiger partial charge on any atom is 0.341 e. The van der Waals surface area contributed by atoms with E-state index in [-0.39, 0.29) is 0 Å². The van der Waals surface area contributed by atoms with Crippen molar-refractivity contribution in [2.24, 2.45) is 11.5 Å². The van der Waals surface area contributed by atoms with Crippen LogP contribution in [0.5, 0.6) is 0 Å². The molecule has 0 saturated carbocycles. The molecule has 26 heavy (non-hydrogen) atoms. The van der Waals surface area contributed by atoms with Crippen LogP contribution in [0, 0.1) is 0 Å². The van der Waals surface area contributed by atoms with Crippen LogP contribution in [0.4, 0.5) is 0 Å². The molecule has 0 aliphatic rings. The lowest BCUT2D eigenvalue weighted by Gasteiger charge is -2.07. The Kier molecular flexibility index (Phi) is 10.1. The minimum Gasteiger partial charge on any atom is -0.306 e. The van der Waals surface area contributed by atoms with E-state index in [0.29, 0.717) is 25.0 Å². The molecular weight excluding hydrogens is 328 g/mol. The van der Waals surface area contributed by atoms with Crippen molar-refractivity contribution in [3.05, 3.63) is 35.4 Å². The lowest BCUT2D eigenvalue weighted by molar-refractivity contribution is -0.479. The topological polar surface area (TPSA) is 111 Å². The van der Waals surface area contributed by atoms with Crippen molar-refractivity contribution in [1.82, 2.24) is 20.4 Å². The van der Waals surface area contributed by atoms with Crippen molar-refractivity contribution in [2.45, 2.75) is 13.1 Å². The van der Waals surface area contributed by atoms with E-state index in [0.717, 1.165) is 26.2 Å². The van der Waals surface area contributed by atoms with Crippen LogP contribution in [0.25, 0.3) is 0 Å². The third kappa shape index (κ3) is 10.5. The Balaban J connectivity index is 2.46. The summed E-state index contributed by atoms with van der Waals surface area (Å²) in [5, 5.41) is 6.33. The summed E-state index contributed by atoms with van der Waals surface area (Å²) < 4.78 is 0. The summed E-state index contributed by atoms with van der Waals surface area (Å²) in [7, 11) is 8.14. The zero-order valence-corrected chi connectivity index (χ0v) is 16.6. The maximum atomic E-state index is 5.94. The third-order valence-corrected chi connectivity index (χ3v) is 3.71. The van der Waals surface area contributed by atoms with Crippen molar-refractivity contribution in [1.29, 1.82) is 0 Å². The first-order valence-corrected chi connectivity index (χ1v) is 8.94. The van der Waals surface area contributed by atoms with E-state index in [9.17, 15) is 0 Å². The van der Waals surface area contributed by atoms with E-state index in [1.54, 1.807) is 0 Å². The smallest absolute Gasteiger partial charge is 0.306 e. The minimum absolute atomic E-state index is 0.595. The maximum absolute atomic E-state index is 5.94. The molecule has 1 rings (SSSR count). The zero-order valence-electron chi connectivity index (χ0n) is 16.6. The third-order valence-electron chi connectivity index (χ3n) is 3.71. The average molecular weight is 365 g/mol. The second kappa shape index (κ2) is 12.1. The first-order valence-electron chi connectivity index (χ1n) is 8.94. The van der Waals surface area contributed by atoms with Crippen LogP contribution in [0.2, 0.25) is 0 Å². The predicted molar refractivity (Wildman–Crippen MR) is 107 cm³/mol. The van der Waals surface area contributed by atoms with Gasteiger partial charge < -0.3 is 9.80 Å². The number of guanidine groups is 2. The first kappa shape index (κ1) is 21.7. The van der Waals surface area contributed by atoms with Gasteiger partial charge in [0.2, 0.25) is 0 Å². The Morgan fingerprint density at radius 3 is 1.65 bits per heavy atom. The second-order valence-electron chi connectivity index (χ2n) is 6.81. The van der Waals surface area contributed by atoms with Crippen molar-refractivity contribution in [3.63, 3.8) is 0 Å². The molecule has 0 unspecified atom stereocenters. The standard InChI is InChI=1S/C18H34N8/c1-25(2)10-8-21-17(19)23-13-15-6-5-7-16(12-15)14-24-18(20)22-9-11-26(3)4/h5-7,12H,8-11,13-14H2,1-4H3,(H3,19,21,23)(H3,20,22,24)/p+2. The van der Waals surface area contributed by atoms with Crippen LogP contribution in [0.3, 0.4) is 0 Å². The lowest BCUT2D eigenvalue weighted by atomic mass is 10.1. The van der Waals surface area contributed by atoms with Crippen molar-refractivity contribution < 1.29 is 9.98 Å². The normalized spacial score (nSPS) is 12.7. The number of likely N-dealkylation sites (N-methyl/N-ethyl adjacent to an activating group) is 2. The van der Waals surface area contributed by atoms with Gasteiger partial charge in [0.05, 0.1) is 26.2 Å². The van der Waals surface area contributed by atoms with Gasteiger partial charge in [-0.2, -0.15) is 0 Å². The fraction of sp³-hybridized carbons (Fsp3) is 0.556. The fourth-order valence-corrected chi connectivity index (χ4v) is 2.20. The van der Waals surface area contributed by atoms with Gasteiger partial charge in [-0.05, 0) is 45.4 Å². The molecule has 0 amide bonds. The Labute approximate surface area is 157 Å². The summed E-state index contributed by atoms with van der Waals surface area (Å²) in [4.78, 5) is 10.6. The molecular formula is C18H36N8+2.